The van der Waals surface area contributed by atoms with Crippen molar-refractivity contribution < 1.29 is 29.3 Å². The van der Waals surface area contributed by atoms with E-state index in [4.69, 9.17) is 4.74 Å². The van der Waals surface area contributed by atoms with Gasteiger partial charge >= 0.3 is 5.97 Å². The van der Waals surface area contributed by atoms with Gasteiger partial charge in [0, 0.05) is 41.8 Å². The van der Waals surface area contributed by atoms with E-state index in [0.29, 0.717) is 0 Å². The number of methoxy groups -OCH3 is 1. The van der Waals surface area contributed by atoms with Crippen molar-refractivity contribution in [3.05, 3.63) is 73.8 Å². The molecule has 28 heavy (non-hydrogen) atoms. The summed E-state index contributed by atoms with van der Waals surface area (Å²) in [6.45, 7) is 0. The summed E-state index contributed by atoms with van der Waals surface area (Å²) in [6, 6.07) is 7.06. The third-order valence-corrected chi connectivity index (χ3v) is 3.82. The van der Waals surface area contributed by atoms with Crippen LogP contribution in [0, 0.1) is 20.2 Å². The van der Waals surface area contributed by atoms with Crippen molar-refractivity contribution in [2.45, 2.75) is 12.5 Å². The predicted molar refractivity (Wildman–Crippen MR) is 95.3 cm³/mol. The van der Waals surface area contributed by atoms with Crippen LogP contribution < -0.4 is 10.1 Å². The molecule has 0 radical (unpaired) electrons. The highest BCUT2D eigenvalue weighted by molar-refractivity contribution is 5.97. The minimum atomic E-state index is -1.44. The molecular formula is C17H15N3O8. The van der Waals surface area contributed by atoms with Crippen molar-refractivity contribution in [1.82, 2.24) is 5.32 Å². The molecule has 0 saturated heterocycles. The molecule has 1 atom stereocenters. The summed E-state index contributed by atoms with van der Waals surface area (Å²) in [7, 11) is 1.32. The average Bonchev–Trinajstić information content (AvgIpc) is 2.67. The second-order valence-electron chi connectivity index (χ2n) is 5.63. The quantitative estimate of drug-likeness (QED) is 0.511. The zero-order valence-electron chi connectivity index (χ0n) is 14.5. The van der Waals surface area contributed by atoms with Gasteiger partial charge < -0.3 is 15.2 Å². The number of carbonyl (C=O) groups excluding carboxylic acids is 1. The second kappa shape index (κ2) is 8.58. The van der Waals surface area contributed by atoms with Crippen molar-refractivity contribution in [2.24, 2.45) is 0 Å². The van der Waals surface area contributed by atoms with Gasteiger partial charge in [0.25, 0.3) is 17.3 Å². The molecule has 11 nitrogen and oxygen atoms in total. The lowest BCUT2D eigenvalue weighted by molar-refractivity contribution is -0.385. The van der Waals surface area contributed by atoms with Crippen molar-refractivity contribution in [3.8, 4) is 5.75 Å². The van der Waals surface area contributed by atoms with Crippen molar-refractivity contribution in [1.29, 1.82) is 0 Å². The van der Waals surface area contributed by atoms with Gasteiger partial charge in [-0.05, 0) is 12.1 Å². The summed E-state index contributed by atoms with van der Waals surface area (Å²) in [5.74, 6) is -1.99. The molecule has 0 bridgehead atoms. The Morgan fingerprint density at radius 2 is 1.75 bits per heavy atom. The van der Waals surface area contributed by atoms with Gasteiger partial charge in [-0.3, -0.25) is 25.0 Å². The smallest absolute Gasteiger partial charge is 0.326 e. The first-order valence-corrected chi connectivity index (χ1v) is 7.82. The largest absolute Gasteiger partial charge is 0.496 e. The molecule has 0 aliphatic carbocycles. The van der Waals surface area contributed by atoms with Crippen LogP contribution in [0.25, 0.3) is 0 Å². The Morgan fingerprint density at radius 1 is 1.11 bits per heavy atom. The molecule has 2 aromatic rings. The fourth-order valence-corrected chi connectivity index (χ4v) is 2.46. The number of nitro benzene ring substituents is 2. The van der Waals surface area contributed by atoms with Gasteiger partial charge in [0.15, 0.2) is 0 Å². The Hall–Kier alpha value is -4.02. The number of carbonyl (C=O) groups is 2. The number of aliphatic carboxylic acids is 1. The molecule has 0 aliphatic heterocycles. The van der Waals surface area contributed by atoms with Crippen LogP contribution >= 0.6 is 0 Å². The number of carboxylic acid groups (broad SMARTS) is 1. The van der Waals surface area contributed by atoms with E-state index in [1.165, 1.54) is 37.4 Å². The van der Waals surface area contributed by atoms with Crippen LogP contribution in [0.5, 0.6) is 5.75 Å². The van der Waals surface area contributed by atoms with Gasteiger partial charge in [-0.15, -0.1) is 0 Å². The number of non-ortho nitro benzene ring substituents is 2. The number of carboxylic acids is 1. The third kappa shape index (κ3) is 4.78. The number of nitrogens with zero attached hydrogens (tertiary/aromatic N) is 2. The number of benzene rings is 2. The molecular weight excluding hydrogens is 374 g/mol. The Labute approximate surface area is 157 Å². The predicted octanol–water partition coefficient (Wildman–Crippen LogP) is 1.94. The number of amides is 1. The number of ether oxygens (including phenoxy) is 1. The van der Waals surface area contributed by atoms with Gasteiger partial charge in [0.1, 0.15) is 11.8 Å². The van der Waals surface area contributed by atoms with E-state index < -0.39 is 27.8 Å². The van der Waals surface area contributed by atoms with Crippen LogP contribution in [0.4, 0.5) is 11.4 Å². The molecule has 0 aliphatic rings. The third-order valence-electron chi connectivity index (χ3n) is 3.82. The van der Waals surface area contributed by atoms with Gasteiger partial charge in [-0.25, -0.2) is 4.79 Å². The minimum absolute atomic E-state index is 0.0912. The summed E-state index contributed by atoms with van der Waals surface area (Å²) in [6.07, 6.45) is -0.291. The topological polar surface area (TPSA) is 162 Å². The van der Waals surface area contributed by atoms with Gasteiger partial charge in [-0.2, -0.15) is 0 Å². The Morgan fingerprint density at radius 3 is 2.32 bits per heavy atom. The minimum Gasteiger partial charge on any atom is -0.496 e. The van der Waals surface area contributed by atoms with Crippen molar-refractivity contribution in [2.75, 3.05) is 7.11 Å². The maximum atomic E-state index is 12.3. The molecule has 0 fully saturated rings. The molecule has 0 aromatic heterocycles. The first-order valence-electron chi connectivity index (χ1n) is 7.82. The van der Waals surface area contributed by atoms with E-state index in [9.17, 15) is 34.9 Å². The molecule has 2 N–H and O–H groups in total. The van der Waals surface area contributed by atoms with Crippen LogP contribution in [0.1, 0.15) is 15.9 Å². The molecule has 0 spiro atoms. The lowest BCUT2D eigenvalue weighted by Crippen LogP contribution is -2.42. The van der Waals surface area contributed by atoms with Gasteiger partial charge in [0.05, 0.1) is 17.0 Å². The molecule has 11 heteroatoms. The maximum Gasteiger partial charge on any atom is 0.326 e. The molecule has 0 heterocycles. The zero-order valence-corrected chi connectivity index (χ0v) is 14.5. The first-order chi connectivity index (χ1) is 13.2. The number of hydrogen-bond donors (Lipinski definition) is 2. The number of nitrogens with one attached hydrogen (secondary N) is 1. The summed E-state index contributed by atoms with van der Waals surface area (Å²) in [4.78, 5) is 44.3. The molecule has 2 rings (SSSR count). The van der Waals surface area contributed by atoms with Crippen LogP contribution in [-0.4, -0.2) is 40.0 Å². The SMILES string of the molecule is COc1ccc([N+](=O)[O-])cc1C[C@@H](NC(=O)c1cccc([N+](=O)[O-])c1)C(=O)O. The molecule has 0 unspecified atom stereocenters. The summed E-state index contributed by atoms with van der Waals surface area (Å²) < 4.78 is 5.09. The monoisotopic (exact) mass is 389 g/mol. The molecule has 1 amide bonds. The molecule has 0 saturated carbocycles. The van der Waals surface area contributed by atoms with E-state index in [1.807, 2.05) is 0 Å². The fourth-order valence-electron chi connectivity index (χ4n) is 2.46. The Balaban J connectivity index is 2.27. The van der Waals surface area contributed by atoms with Crippen LogP contribution in [0.3, 0.4) is 0 Å². The lowest BCUT2D eigenvalue weighted by Gasteiger charge is -2.16. The van der Waals surface area contributed by atoms with Crippen molar-refractivity contribution in [3.63, 3.8) is 0 Å². The maximum absolute atomic E-state index is 12.3. The highest BCUT2D eigenvalue weighted by Crippen LogP contribution is 2.25. The van der Waals surface area contributed by atoms with E-state index >= 15 is 0 Å². The van der Waals surface area contributed by atoms with E-state index in [-0.39, 0.29) is 34.7 Å². The van der Waals surface area contributed by atoms with Crippen LogP contribution in [0.15, 0.2) is 42.5 Å². The highest BCUT2D eigenvalue weighted by atomic mass is 16.6. The number of nitro groups is 2. The average molecular weight is 389 g/mol. The number of hydrogen-bond acceptors (Lipinski definition) is 7. The van der Waals surface area contributed by atoms with E-state index in [1.54, 1.807) is 0 Å². The van der Waals surface area contributed by atoms with E-state index in [0.717, 1.165) is 12.1 Å². The summed E-state index contributed by atoms with van der Waals surface area (Å²) in [5, 5.41) is 33.4. The van der Waals surface area contributed by atoms with Crippen LogP contribution in [-0.2, 0) is 11.2 Å². The Kier molecular flexibility index (Phi) is 6.22. The lowest BCUT2D eigenvalue weighted by atomic mass is 10.0. The van der Waals surface area contributed by atoms with Gasteiger partial charge in [0.2, 0.25) is 0 Å². The van der Waals surface area contributed by atoms with Crippen LogP contribution in [0.2, 0.25) is 0 Å². The second-order valence-corrected chi connectivity index (χ2v) is 5.63. The first kappa shape index (κ1) is 20.3. The number of rotatable bonds is 8. The van der Waals surface area contributed by atoms with Crippen molar-refractivity contribution >= 4 is 23.3 Å². The molecule has 2 aromatic carbocycles. The highest BCUT2D eigenvalue weighted by Gasteiger charge is 2.24. The normalized spacial score (nSPS) is 11.3. The van der Waals surface area contributed by atoms with E-state index in [2.05, 4.69) is 5.32 Å². The standard InChI is InChI=1S/C17H15N3O8/c1-28-15-6-5-13(20(26)27)8-11(15)9-14(17(22)23)18-16(21)10-3-2-4-12(7-10)19(24)25/h2-8,14H,9H2,1H3,(H,18,21)(H,22,23)/t14-/m1/s1. The zero-order chi connectivity index (χ0) is 20.8. The fraction of sp³-hybridized carbons (Fsp3) is 0.176. The molecule has 146 valence electrons. The Bertz CT molecular complexity index is 944. The van der Waals surface area contributed by atoms with Gasteiger partial charge in [-0.1, -0.05) is 6.07 Å². The summed E-state index contributed by atoms with van der Waals surface area (Å²) >= 11 is 0. The summed E-state index contributed by atoms with van der Waals surface area (Å²) in [5.41, 5.74) is -0.459.